The van der Waals surface area contributed by atoms with E-state index in [1.165, 1.54) is 38.9 Å². The summed E-state index contributed by atoms with van der Waals surface area (Å²) < 4.78 is 0. The summed E-state index contributed by atoms with van der Waals surface area (Å²) in [5.41, 5.74) is 8.96. The first-order valence-corrected chi connectivity index (χ1v) is 9.57. The van der Waals surface area contributed by atoms with Gasteiger partial charge in [-0.2, -0.15) is 0 Å². The Morgan fingerprint density at radius 1 is 0.407 bits per heavy atom. The zero-order valence-electron chi connectivity index (χ0n) is 15.9. The van der Waals surface area contributed by atoms with Crippen LogP contribution in [-0.2, 0) is 0 Å². The first kappa shape index (κ1) is 17.3. The molecule has 4 aromatic rings. The van der Waals surface area contributed by atoms with Gasteiger partial charge in [-0.05, 0) is 50.9 Å². The molecule has 0 heteroatoms. The van der Waals surface area contributed by atoms with Gasteiger partial charge in [0.1, 0.15) is 0 Å². The van der Waals surface area contributed by atoms with E-state index in [1.54, 1.807) is 0 Å². The van der Waals surface area contributed by atoms with E-state index in [-0.39, 0.29) is 0 Å². The molecule has 0 atom stereocenters. The van der Waals surface area contributed by atoms with E-state index < -0.39 is 0 Å². The van der Waals surface area contributed by atoms with Crippen LogP contribution < -0.4 is 0 Å². The fraction of sp³-hybridized carbons (Fsp3) is 0.111. The van der Waals surface area contributed by atoms with Crippen LogP contribution in [0.2, 0.25) is 0 Å². The Balaban J connectivity index is 1.76. The maximum Gasteiger partial charge on any atom is -0.0175 e. The fourth-order valence-electron chi connectivity index (χ4n) is 3.43. The highest BCUT2D eigenvalue weighted by molar-refractivity contribution is 5.76. The minimum atomic E-state index is 0.496. The van der Waals surface area contributed by atoms with Crippen LogP contribution in [0.25, 0.3) is 33.4 Å². The molecule has 0 nitrogen and oxygen atoms in total. The molecule has 0 saturated carbocycles. The van der Waals surface area contributed by atoms with E-state index >= 15 is 0 Å². The maximum absolute atomic E-state index is 2.33. The molecule has 0 aliphatic carbocycles. The second-order valence-corrected chi connectivity index (χ2v) is 7.31. The molecule has 0 unspecified atom stereocenters. The van der Waals surface area contributed by atoms with Crippen molar-refractivity contribution in [2.24, 2.45) is 0 Å². The lowest BCUT2D eigenvalue weighted by Gasteiger charge is -2.13. The van der Waals surface area contributed by atoms with Crippen LogP contribution in [0, 0.1) is 0 Å². The van der Waals surface area contributed by atoms with Gasteiger partial charge in [0.25, 0.3) is 0 Å². The average molecular weight is 348 g/mol. The smallest absolute Gasteiger partial charge is 0.0175 e. The summed E-state index contributed by atoms with van der Waals surface area (Å²) in [5.74, 6) is 0.496. The predicted molar refractivity (Wildman–Crippen MR) is 117 cm³/mol. The molecule has 0 fully saturated rings. The summed E-state index contributed by atoms with van der Waals surface area (Å²) >= 11 is 0. The summed E-state index contributed by atoms with van der Waals surface area (Å²) in [7, 11) is 0. The first-order valence-electron chi connectivity index (χ1n) is 9.57. The molecule has 132 valence electrons. The molecular formula is C27H24. The second-order valence-electron chi connectivity index (χ2n) is 7.31. The SMILES string of the molecule is CC(C)c1cc(-c2ccccc2)cc(-c2ccc(-c3ccccc3)cc2)c1. The van der Waals surface area contributed by atoms with Crippen LogP contribution in [0.15, 0.2) is 103 Å². The standard InChI is InChI=1S/C27H24/c1-20(2)25-17-26(22-11-7-4-8-12-22)19-27(18-25)24-15-13-23(14-16-24)21-9-5-3-6-10-21/h3-20H,1-2H3. The van der Waals surface area contributed by atoms with Gasteiger partial charge in [0.2, 0.25) is 0 Å². The average Bonchev–Trinajstić information content (AvgIpc) is 2.75. The van der Waals surface area contributed by atoms with Crippen molar-refractivity contribution in [1.29, 1.82) is 0 Å². The molecule has 0 aromatic heterocycles. The first-order chi connectivity index (χ1) is 13.2. The molecule has 4 aromatic carbocycles. The van der Waals surface area contributed by atoms with Crippen molar-refractivity contribution in [3.05, 3.63) is 109 Å². The molecule has 0 aliphatic heterocycles. The topological polar surface area (TPSA) is 0 Å². The highest BCUT2D eigenvalue weighted by Crippen LogP contribution is 2.32. The molecule has 0 spiro atoms. The van der Waals surface area contributed by atoms with Gasteiger partial charge in [-0.15, -0.1) is 0 Å². The molecule has 0 bridgehead atoms. The van der Waals surface area contributed by atoms with E-state index in [0.29, 0.717) is 5.92 Å². The highest BCUT2D eigenvalue weighted by atomic mass is 14.1. The summed E-state index contributed by atoms with van der Waals surface area (Å²) in [6.45, 7) is 4.51. The molecule has 4 rings (SSSR count). The third-order valence-corrected chi connectivity index (χ3v) is 5.05. The summed E-state index contributed by atoms with van der Waals surface area (Å²) in [6, 6.07) is 37.0. The molecule has 0 amide bonds. The van der Waals surface area contributed by atoms with E-state index in [4.69, 9.17) is 0 Å². The lowest BCUT2D eigenvalue weighted by atomic mass is 9.91. The van der Waals surface area contributed by atoms with Crippen molar-refractivity contribution in [3.63, 3.8) is 0 Å². The van der Waals surface area contributed by atoms with Crippen LogP contribution in [-0.4, -0.2) is 0 Å². The third-order valence-electron chi connectivity index (χ3n) is 5.05. The molecule has 0 heterocycles. The number of hydrogen-bond acceptors (Lipinski definition) is 0. The lowest BCUT2D eigenvalue weighted by molar-refractivity contribution is 0.867. The number of hydrogen-bond donors (Lipinski definition) is 0. The maximum atomic E-state index is 2.33. The van der Waals surface area contributed by atoms with Crippen LogP contribution in [0.5, 0.6) is 0 Å². The van der Waals surface area contributed by atoms with Gasteiger partial charge in [-0.3, -0.25) is 0 Å². The number of rotatable bonds is 4. The fourth-order valence-corrected chi connectivity index (χ4v) is 3.43. The monoisotopic (exact) mass is 348 g/mol. The largest absolute Gasteiger partial charge is 0.0622 e. The van der Waals surface area contributed by atoms with Gasteiger partial charge in [0.05, 0.1) is 0 Å². The van der Waals surface area contributed by atoms with Gasteiger partial charge in [-0.25, -0.2) is 0 Å². The quantitative estimate of drug-likeness (QED) is 0.353. The van der Waals surface area contributed by atoms with Crippen molar-refractivity contribution in [2.45, 2.75) is 19.8 Å². The van der Waals surface area contributed by atoms with Crippen molar-refractivity contribution in [3.8, 4) is 33.4 Å². The van der Waals surface area contributed by atoms with Crippen LogP contribution in [0.3, 0.4) is 0 Å². The van der Waals surface area contributed by atoms with Crippen LogP contribution in [0.4, 0.5) is 0 Å². The second kappa shape index (κ2) is 7.63. The van der Waals surface area contributed by atoms with Crippen molar-refractivity contribution >= 4 is 0 Å². The minimum absolute atomic E-state index is 0.496. The van der Waals surface area contributed by atoms with Gasteiger partial charge >= 0.3 is 0 Å². The zero-order chi connectivity index (χ0) is 18.6. The Morgan fingerprint density at radius 2 is 0.778 bits per heavy atom. The Morgan fingerprint density at radius 3 is 1.22 bits per heavy atom. The minimum Gasteiger partial charge on any atom is -0.0622 e. The molecular weight excluding hydrogens is 324 g/mol. The zero-order valence-corrected chi connectivity index (χ0v) is 15.9. The molecule has 0 saturated heterocycles. The summed E-state index contributed by atoms with van der Waals surface area (Å²) in [5, 5.41) is 0. The summed E-state index contributed by atoms with van der Waals surface area (Å²) in [6.07, 6.45) is 0. The third kappa shape index (κ3) is 3.85. The predicted octanol–water partition coefficient (Wildman–Crippen LogP) is 7.81. The number of benzene rings is 4. The van der Waals surface area contributed by atoms with Gasteiger partial charge in [0.15, 0.2) is 0 Å². The highest BCUT2D eigenvalue weighted by Gasteiger charge is 2.08. The molecule has 27 heavy (non-hydrogen) atoms. The summed E-state index contributed by atoms with van der Waals surface area (Å²) in [4.78, 5) is 0. The van der Waals surface area contributed by atoms with Crippen LogP contribution in [0.1, 0.15) is 25.3 Å². The van der Waals surface area contributed by atoms with E-state index in [0.717, 1.165) is 0 Å². The van der Waals surface area contributed by atoms with Crippen molar-refractivity contribution < 1.29 is 0 Å². The lowest BCUT2D eigenvalue weighted by Crippen LogP contribution is -1.91. The van der Waals surface area contributed by atoms with Gasteiger partial charge in [0, 0.05) is 0 Å². The van der Waals surface area contributed by atoms with E-state index in [1.807, 2.05) is 0 Å². The van der Waals surface area contributed by atoms with Gasteiger partial charge < -0.3 is 0 Å². The van der Waals surface area contributed by atoms with E-state index in [9.17, 15) is 0 Å². The van der Waals surface area contributed by atoms with E-state index in [2.05, 4.69) is 117 Å². The molecule has 0 radical (unpaired) electrons. The Hall–Kier alpha value is -3.12. The Kier molecular flexibility index (Phi) is 4.89. The van der Waals surface area contributed by atoms with Crippen LogP contribution >= 0.6 is 0 Å². The molecule has 0 N–H and O–H groups in total. The van der Waals surface area contributed by atoms with Crippen molar-refractivity contribution in [1.82, 2.24) is 0 Å². The molecule has 0 aliphatic rings. The Labute approximate surface area is 162 Å². The van der Waals surface area contributed by atoms with Gasteiger partial charge in [-0.1, -0.05) is 111 Å². The normalized spacial score (nSPS) is 10.9. The van der Waals surface area contributed by atoms with Crippen molar-refractivity contribution in [2.75, 3.05) is 0 Å². The Bertz CT molecular complexity index is 1010.